The smallest absolute Gasteiger partial charge is 0.220 e. The van der Waals surface area contributed by atoms with E-state index in [1.54, 1.807) is 6.08 Å². The molecule has 14 nitrogen and oxygen atoms in total. The van der Waals surface area contributed by atoms with E-state index in [1.165, 1.54) is 83.5 Å². The minimum absolute atomic E-state index is 0.233. The van der Waals surface area contributed by atoms with Crippen LogP contribution in [-0.4, -0.2) is 140 Å². The van der Waals surface area contributed by atoms with Crippen molar-refractivity contribution in [3.63, 3.8) is 0 Å². The van der Waals surface area contributed by atoms with Crippen molar-refractivity contribution in [1.29, 1.82) is 0 Å². The molecule has 0 aliphatic carbocycles. The van der Waals surface area contributed by atoms with Gasteiger partial charge < -0.3 is 65.1 Å². The summed E-state index contributed by atoms with van der Waals surface area (Å²) in [6.07, 6.45) is 54.1. The number of rotatable bonds is 48. The average molecular weight is 1130 g/mol. The number of ether oxygens (including phenoxy) is 4. The fourth-order valence-electron chi connectivity index (χ4n) is 9.44. The zero-order chi connectivity index (χ0) is 58.1. The van der Waals surface area contributed by atoms with Gasteiger partial charge in [-0.25, -0.2) is 0 Å². The number of allylic oxidation sites excluding steroid dienone is 17. The summed E-state index contributed by atoms with van der Waals surface area (Å²) in [7, 11) is 0. The molecule has 2 fully saturated rings. The lowest BCUT2D eigenvalue weighted by molar-refractivity contribution is -0.359. The van der Waals surface area contributed by atoms with E-state index in [0.717, 1.165) is 89.9 Å². The van der Waals surface area contributed by atoms with Crippen LogP contribution in [0.1, 0.15) is 206 Å². The summed E-state index contributed by atoms with van der Waals surface area (Å²) in [5, 5.41) is 87.2. The van der Waals surface area contributed by atoms with Crippen LogP contribution in [-0.2, 0) is 23.7 Å². The Morgan fingerprint density at radius 3 is 1.38 bits per heavy atom. The maximum atomic E-state index is 13.3. The molecule has 9 N–H and O–H groups in total. The second-order valence-electron chi connectivity index (χ2n) is 21.4. The van der Waals surface area contributed by atoms with Crippen molar-refractivity contribution in [2.24, 2.45) is 0 Å². The standard InChI is InChI=1S/C66H111NO13/c1-3-5-7-9-11-13-15-17-19-21-23-25-27-29-31-33-35-37-39-41-43-45-47-49-55(70)54(53-77-65-63(76)61(74)64(57(52-69)79-65)80-66-62(75)60(73)59(72)56(51-68)78-66)67-58(71)50-48-46-44-42-40-38-36-34-32-30-28-26-24-22-20-18-16-14-12-10-8-6-4-2/h6,8,12,14,18,20,24,26,30-33,36,38-39,41,47,49,54-57,59-66,68-70,72-76H,3-5,7,9-11,13,15-17,19,21-23,25,27-29,34-35,37,40,42-46,48,50-53H2,1-2H3,(H,67,71)/b8-6-,14-12-,20-18-,26-24-,32-30-,33-31+,38-36-,41-39+,49-47+. The van der Waals surface area contributed by atoms with Crippen molar-refractivity contribution >= 4 is 5.91 Å². The Morgan fingerprint density at radius 2 is 0.875 bits per heavy atom. The second kappa shape index (κ2) is 50.2. The van der Waals surface area contributed by atoms with Crippen LogP contribution in [0.25, 0.3) is 0 Å². The van der Waals surface area contributed by atoms with Crippen LogP contribution in [0.4, 0.5) is 0 Å². The summed E-state index contributed by atoms with van der Waals surface area (Å²) in [6.45, 7) is 2.63. The fraction of sp³-hybridized carbons (Fsp3) is 0.712. The normalized spacial score (nSPS) is 25.0. The maximum Gasteiger partial charge on any atom is 0.220 e. The maximum absolute atomic E-state index is 13.3. The van der Waals surface area contributed by atoms with Crippen molar-refractivity contribution < 1.29 is 64.6 Å². The van der Waals surface area contributed by atoms with Gasteiger partial charge in [-0.2, -0.15) is 0 Å². The van der Waals surface area contributed by atoms with Gasteiger partial charge in [0.25, 0.3) is 0 Å². The predicted octanol–water partition coefficient (Wildman–Crippen LogP) is 11.2. The number of aliphatic hydroxyl groups is 8. The summed E-state index contributed by atoms with van der Waals surface area (Å²) in [5.41, 5.74) is 0. The van der Waals surface area contributed by atoms with E-state index in [9.17, 15) is 45.6 Å². The first kappa shape index (κ1) is 72.8. The molecule has 2 aliphatic heterocycles. The van der Waals surface area contributed by atoms with Gasteiger partial charge in [-0.05, 0) is 96.3 Å². The molecule has 0 spiro atoms. The molecule has 0 saturated carbocycles. The van der Waals surface area contributed by atoms with Gasteiger partial charge in [-0.15, -0.1) is 0 Å². The monoisotopic (exact) mass is 1130 g/mol. The number of carbonyl (C=O) groups excluding carboxylic acids is 1. The van der Waals surface area contributed by atoms with Crippen molar-refractivity contribution in [2.45, 2.75) is 280 Å². The van der Waals surface area contributed by atoms with Crippen molar-refractivity contribution in [1.82, 2.24) is 5.32 Å². The van der Waals surface area contributed by atoms with Gasteiger partial charge >= 0.3 is 0 Å². The molecule has 2 saturated heterocycles. The molecule has 2 aliphatic rings. The third-order valence-electron chi connectivity index (χ3n) is 14.4. The first-order valence-corrected chi connectivity index (χ1v) is 31.1. The third kappa shape index (κ3) is 34.9. The number of nitrogens with one attached hydrogen (secondary N) is 1. The van der Waals surface area contributed by atoms with Crippen LogP contribution in [0.5, 0.6) is 0 Å². The van der Waals surface area contributed by atoms with Gasteiger partial charge in [0.15, 0.2) is 12.6 Å². The van der Waals surface area contributed by atoms with Gasteiger partial charge in [0, 0.05) is 6.42 Å². The van der Waals surface area contributed by atoms with Gasteiger partial charge in [0.2, 0.25) is 5.91 Å². The molecule has 0 radical (unpaired) electrons. The summed E-state index contributed by atoms with van der Waals surface area (Å²) >= 11 is 0. The molecule has 0 aromatic heterocycles. The van der Waals surface area contributed by atoms with E-state index in [2.05, 4.69) is 116 Å². The van der Waals surface area contributed by atoms with Crippen LogP contribution in [0, 0.1) is 0 Å². The lowest BCUT2D eigenvalue weighted by Crippen LogP contribution is -2.65. The van der Waals surface area contributed by atoms with Crippen molar-refractivity contribution in [3.8, 4) is 0 Å². The van der Waals surface area contributed by atoms with Gasteiger partial charge in [0.1, 0.15) is 48.8 Å². The van der Waals surface area contributed by atoms with Crippen LogP contribution < -0.4 is 5.32 Å². The lowest BCUT2D eigenvalue weighted by Gasteiger charge is -2.46. The van der Waals surface area contributed by atoms with Crippen LogP contribution >= 0.6 is 0 Å². The van der Waals surface area contributed by atoms with E-state index in [-0.39, 0.29) is 18.9 Å². The molecule has 0 aromatic carbocycles. The first-order chi connectivity index (χ1) is 39.1. The zero-order valence-corrected chi connectivity index (χ0v) is 49.3. The first-order valence-electron chi connectivity index (χ1n) is 31.1. The largest absolute Gasteiger partial charge is 0.394 e. The Morgan fingerprint density at radius 1 is 0.463 bits per heavy atom. The van der Waals surface area contributed by atoms with E-state index in [4.69, 9.17) is 18.9 Å². The number of hydrogen-bond donors (Lipinski definition) is 9. The summed E-state index contributed by atoms with van der Waals surface area (Å²) in [6, 6.07) is -0.961. The molecule has 458 valence electrons. The number of hydrogen-bond acceptors (Lipinski definition) is 13. The topological polar surface area (TPSA) is 228 Å². The van der Waals surface area contributed by atoms with Crippen molar-refractivity contribution in [3.05, 3.63) is 109 Å². The molecule has 1 amide bonds. The molecule has 12 atom stereocenters. The Balaban J connectivity index is 1.80. The summed E-state index contributed by atoms with van der Waals surface area (Å²) in [4.78, 5) is 13.3. The van der Waals surface area contributed by atoms with Gasteiger partial charge in [-0.1, -0.05) is 213 Å². The molecule has 0 bridgehead atoms. The molecule has 80 heavy (non-hydrogen) atoms. The predicted molar refractivity (Wildman–Crippen MR) is 322 cm³/mol. The number of aliphatic hydroxyl groups excluding tert-OH is 8. The molecule has 12 unspecified atom stereocenters. The number of carbonyl (C=O) groups is 1. The van der Waals surface area contributed by atoms with E-state index in [0.29, 0.717) is 12.8 Å². The van der Waals surface area contributed by atoms with E-state index >= 15 is 0 Å². The minimum atomic E-state index is -1.80. The number of unbranched alkanes of at least 4 members (excludes halogenated alkanes) is 19. The Labute approximate surface area is 483 Å². The van der Waals surface area contributed by atoms with Gasteiger partial charge in [0.05, 0.1) is 32.0 Å². The Kier molecular flexibility index (Phi) is 45.6. The van der Waals surface area contributed by atoms with Crippen LogP contribution in [0.2, 0.25) is 0 Å². The highest BCUT2D eigenvalue weighted by Crippen LogP contribution is 2.30. The molecule has 0 aromatic rings. The van der Waals surface area contributed by atoms with E-state index in [1.807, 2.05) is 6.08 Å². The molecule has 2 heterocycles. The molecular weight excluding hydrogens is 1010 g/mol. The molecule has 14 heteroatoms. The van der Waals surface area contributed by atoms with Gasteiger partial charge in [-0.3, -0.25) is 4.79 Å². The van der Waals surface area contributed by atoms with Crippen LogP contribution in [0.15, 0.2) is 109 Å². The SMILES string of the molecule is CC/C=C\C/C=C\C/C=C\C/C=C\C/C=C\C/C=C\CCCCCCC(=O)NC(COC1OC(CO)C(OC2OC(CO)C(O)C(O)C2O)C(O)C1O)C(O)/C=C/CC/C=C/CC/C=C/CCCCCCCCCCCCCCC. The highest BCUT2D eigenvalue weighted by atomic mass is 16.7. The third-order valence-corrected chi connectivity index (χ3v) is 14.4. The highest BCUT2D eigenvalue weighted by Gasteiger charge is 2.51. The van der Waals surface area contributed by atoms with Crippen LogP contribution in [0.3, 0.4) is 0 Å². The fourth-order valence-corrected chi connectivity index (χ4v) is 9.44. The average Bonchev–Trinajstić information content (AvgIpc) is 3.46. The summed E-state index contributed by atoms with van der Waals surface area (Å²) in [5.74, 6) is -0.282. The molecular formula is C66H111NO13. The Bertz CT molecular complexity index is 1760. The zero-order valence-electron chi connectivity index (χ0n) is 49.3. The van der Waals surface area contributed by atoms with E-state index < -0.39 is 86.8 Å². The quantitative estimate of drug-likeness (QED) is 0.0204. The highest BCUT2D eigenvalue weighted by molar-refractivity contribution is 5.76. The summed E-state index contributed by atoms with van der Waals surface area (Å²) < 4.78 is 22.8. The lowest BCUT2D eigenvalue weighted by atomic mass is 9.97. The number of amides is 1. The molecule has 2 rings (SSSR count). The van der Waals surface area contributed by atoms with Crippen molar-refractivity contribution in [2.75, 3.05) is 19.8 Å². The second-order valence-corrected chi connectivity index (χ2v) is 21.4. The Hall–Kier alpha value is -3.35. The minimum Gasteiger partial charge on any atom is -0.394 e.